The number of hydrogen-bond acceptors (Lipinski definition) is 4. The van der Waals surface area contributed by atoms with Gasteiger partial charge in [0.25, 0.3) is 0 Å². The average Bonchev–Trinajstić information content (AvgIpc) is 3.03. The van der Waals surface area contributed by atoms with Gasteiger partial charge in [-0.15, -0.1) is 0 Å². The molecule has 0 bridgehead atoms. The third-order valence-electron chi connectivity index (χ3n) is 5.73. The molecule has 2 aromatic carbocycles. The number of likely N-dealkylation sites (N-methyl/N-ethyl adjacent to an activating group) is 1. The summed E-state index contributed by atoms with van der Waals surface area (Å²) in [5.74, 6) is 1.14. The van der Waals surface area contributed by atoms with Gasteiger partial charge in [0.2, 0.25) is 11.8 Å². The quantitative estimate of drug-likeness (QED) is 0.783. The Balaban J connectivity index is 1.33. The standard InChI is InChI=1S/C23H27N3O3/c1-3-29-20-7-4-17(5-8-20)14-23(28)26-12-10-25(11-13-26)19-6-9-21-18(15-19)16-22(27)24(21)2/h4-9,15H,3,10-14,16H2,1-2H3. The lowest BCUT2D eigenvalue weighted by Gasteiger charge is -2.36. The normalized spacial score (nSPS) is 16.2. The number of anilines is 2. The molecule has 29 heavy (non-hydrogen) atoms. The van der Waals surface area contributed by atoms with Crippen molar-refractivity contribution in [2.24, 2.45) is 0 Å². The van der Waals surface area contributed by atoms with E-state index in [1.54, 1.807) is 4.90 Å². The number of hydrogen-bond donors (Lipinski definition) is 0. The van der Waals surface area contributed by atoms with Crippen LogP contribution in [0.25, 0.3) is 0 Å². The lowest BCUT2D eigenvalue weighted by molar-refractivity contribution is -0.130. The molecule has 152 valence electrons. The summed E-state index contributed by atoms with van der Waals surface area (Å²) in [5, 5.41) is 0. The van der Waals surface area contributed by atoms with Crippen molar-refractivity contribution < 1.29 is 14.3 Å². The second-order valence-electron chi connectivity index (χ2n) is 7.56. The van der Waals surface area contributed by atoms with Crippen LogP contribution >= 0.6 is 0 Å². The Kier molecular flexibility index (Phi) is 5.43. The molecule has 2 aliphatic rings. The van der Waals surface area contributed by atoms with Crippen molar-refractivity contribution >= 4 is 23.2 Å². The largest absolute Gasteiger partial charge is 0.494 e. The number of carbonyl (C=O) groups excluding carboxylic acids is 2. The smallest absolute Gasteiger partial charge is 0.231 e. The summed E-state index contributed by atoms with van der Waals surface area (Å²) in [5.41, 5.74) is 4.23. The first-order chi connectivity index (χ1) is 14.0. The number of carbonyl (C=O) groups is 2. The van der Waals surface area contributed by atoms with Gasteiger partial charge in [-0.3, -0.25) is 9.59 Å². The fourth-order valence-electron chi connectivity index (χ4n) is 4.02. The van der Waals surface area contributed by atoms with Gasteiger partial charge in [0, 0.05) is 44.6 Å². The fraction of sp³-hybridized carbons (Fsp3) is 0.391. The summed E-state index contributed by atoms with van der Waals surface area (Å²) in [4.78, 5) is 30.5. The average molecular weight is 393 g/mol. The van der Waals surface area contributed by atoms with Crippen LogP contribution in [-0.4, -0.2) is 56.5 Å². The molecule has 0 N–H and O–H groups in total. The van der Waals surface area contributed by atoms with Gasteiger partial charge >= 0.3 is 0 Å². The first-order valence-electron chi connectivity index (χ1n) is 10.2. The SMILES string of the molecule is CCOc1ccc(CC(=O)N2CCN(c3ccc4c(c3)CC(=O)N4C)CC2)cc1. The maximum absolute atomic E-state index is 12.7. The lowest BCUT2D eigenvalue weighted by atomic mass is 10.1. The minimum Gasteiger partial charge on any atom is -0.494 e. The van der Waals surface area contributed by atoms with Crippen LogP contribution in [-0.2, 0) is 22.4 Å². The van der Waals surface area contributed by atoms with Gasteiger partial charge in [-0.25, -0.2) is 0 Å². The predicted molar refractivity (Wildman–Crippen MR) is 114 cm³/mol. The maximum Gasteiger partial charge on any atom is 0.231 e. The zero-order valence-electron chi connectivity index (χ0n) is 17.1. The van der Waals surface area contributed by atoms with Crippen LogP contribution in [0.5, 0.6) is 5.75 Å². The Bertz CT molecular complexity index is 902. The van der Waals surface area contributed by atoms with Crippen molar-refractivity contribution in [3.8, 4) is 5.75 Å². The molecule has 0 aliphatic carbocycles. The summed E-state index contributed by atoms with van der Waals surface area (Å²) in [6, 6.07) is 14.0. The highest BCUT2D eigenvalue weighted by Crippen LogP contribution is 2.31. The van der Waals surface area contributed by atoms with Gasteiger partial charge in [-0.05, 0) is 48.4 Å². The van der Waals surface area contributed by atoms with E-state index in [1.807, 2.05) is 49.2 Å². The Hall–Kier alpha value is -3.02. The number of nitrogens with zero attached hydrogens (tertiary/aromatic N) is 3. The molecule has 6 nitrogen and oxygen atoms in total. The van der Waals surface area contributed by atoms with Crippen LogP contribution < -0.4 is 14.5 Å². The number of rotatable bonds is 5. The first kappa shape index (κ1) is 19.3. The van der Waals surface area contributed by atoms with Crippen molar-refractivity contribution in [3.05, 3.63) is 53.6 Å². The van der Waals surface area contributed by atoms with E-state index in [2.05, 4.69) is 17.0 Å². The van der Waals surface area contributed by atoms with E-state index in [0.717, 1.165) is 41.3 Å². The Labute approximate surface area is 171 Å². The van der Waals surface area contributed by atoms with Crippen LogP contribution in [0, 0.1) is 0 Å². The molecule has 2 aromatic rings. The van der Waals surface area contributed by atoms with Crippen molar-refractivity contribution in [2.75, 3.05) is 49.6 Å². The molecule has 1 saturated heterocycles. The number of amides is 2. The minimum atomic E-state index is 0.141. The zero-order chi connectivity index (χ0) is 20.4. The second-order valence-corrected chi connectivity index (χ2v) is 7.56. The summed E-state index contributed by atoms with van der Waals surface area (Å²) in [6.07, 6.45) is 0.889. The van der Waals surface area contributed by atoms with E-state index in [-0.39, 0.29) is 11.8 Å². The zero-order valence-corrected chi connectivity index (χ0v) is 17.1. The molecular weight excluding hydrogens is 366 g/mol. The van der Waals surface area contributed by atoms with E-state index >= 15 is 0 Å². The molecule has 2 heterocycles. The molecule has 6 heteroatoms. The van der Waals surface area contributed by atoms with Gasteiger partial charge in [0.05, 0.1) is 19.4 Å². The summed E-state index contributed by atoms with van der Waals surface area (Å²) < 4.78 is 5.45. The molecule has 0 aromatic heterocycles. The van der Waals surface area contributed by atoms with Crippen LogP contribution in [0.3, 0.4) is 0 Å². The first-order valence-corrected chi connectivity index (χ1v) is 10.2. The molecular formula is C23H27N3O3. The van der Waals surface area contributed by atoms with Gasteiger partial charge in [0.15, 0.2) is 0 Å². The van der Waals surface area contributed by atoms with Gasteiger partial charge in [-0.1, -0.05) is 12.1 Å². The van der Waals surface area contributed by atoms with Crippen molar-refractivity contribution in [1.29, 1.82) is 0 Å². The molecule has 2 aliphatic heterocycles. The molecule has 0 unspecified atom stereocenters. The molecule has 1 fully saturated rings. The van der Waals surface area contributed by atoms with Crippen molar-refractivity contribution in [1.82, 2.24) is 4.90 Å². The highest BCUT2D eigenvalue weighted by molar-refractivity contribution is 6.01. The highest BCUT2D eigenvalue weighted by Gasteiger charge is 2.26. The van der Waals surface area contributed by atoms with Crippen LogP contribution in [0.15, 0.2) is 42.5 Å². The summed E-state index contributed by atoms with van der Waals surface area (Å²) in [7, 11) is 1.82. The Morgan fingerprint density at radius 2 is 1.76 bits per heavy atom. The third-order valence-corrected chi connectivity index (χ3v) is 5.73. The number of piperazine rings is 1. The predicted octanol–water partition coefficient (Wildman–Crippen LogP) is 2.50. The monoisotopic (exact) mass is 393 g/mol. The summed E-state index contributed by atoms with van der Waals surface area (Å²) in [6.45, 7) is 5.63. The summed E-state index contributed by atoms with van der Waals surface area (Å²) >= 11 is 0. The lowest BCUT2D eigenvalue weighted by Crippen LogP contribution is -2.49. The molecule has 0 radical (unpaired) electrons. The molecule has 0 atom stereocenters. The molecule has 0 saturated carbocycles. The highest BCUT2D eigenvalue weighted by atomic mass is 16.5. The molecule has 0 spiro atoms. The maximum atomic E-state index is 12.7. The fourth-order valence-corrected chi connectivity index (χ4v) is 4.02. The number of benzene rings is 2. The third kappa shape index (κ3) is 4.06. The van der Waals surface area contributed by atoms with Gasteiger partial charge in [0.1, 0.15) is 5.75 Å². The molecule has 4 rings (SSSR count). The van der Waals surface area contributed by atoms with Crippen LogP contribution in [0.4, 0.5) is 11.4 Å². The Morgan fingerprint density at radius 1 is 1.03 bits per heavy atom. The van der Waals surface area contributed by atoms with Gasteiger partial charge in [-0.2, -0.15) is 0 Å². The van der Waals surface area contributed by atoms with E-state index < -0.39 is 0 Å². The van der Waals surface area contributed by atoms with Crippen LogP contribution in [0.1, 0.15) is 18.1 Å². The van der Waals surface area contributed by atoms with E-state index in [1.165, 1.54) is 0 Å². The van der Waals surface area contributed by atoms with E-state index in [4.69, 9.17) is 4.74 Å². The van der Waals surface area contributed by atoms with E-state index in [0.29, 0.717) is 32.5 Å². The van der Waals surface area contributed by atoms with Crippen molar-refractivity contribution in [2.45, 2.75) is 19.8 Å². The van der Waals surface area contributed by atoms with Gasteiger partial charge < -0.3 is 19.4 Å². The minimum absolute atomic E-state index is 0.141. The number of fused-ring (bicyclic) bond motifs is 1. The Morgan fingerprint density at radius 3 is 2.45 bits per heavy atom. The van der Waals surface area contributed by atoms with E-state index in [9.17, 15) is 9.59 Å². The number of ether oxygens (including phenoxy) is 1. The van der Waals surface area contributed by atoms with Crippen molar-refractivity contribution in [3.63, 3.8) is 0 Å². The second kappa shape index (κ2) is 8.15. The van der Waals surface area contributed by atoms with Crippen LogP contribution in [0.2, 0.25) is 0 Å². The molecule has 2 amide bonds. The topological polar surface area (TPSA) is 53.1 Å².